The van der Waals surface area contributed by atoms with Crippen LogP contribution in [0.25, 0.3) is 0 Å². The Kier molecular flexibility index (Phi) is 6.32. The van der Waals surface area contributed by atoms with Gasteiger partial charge >= 0.3 is 0 Å². The van der Waals surface area contributed by atoms with Crippen molar-refractivity contribution in [3.63, 3.8) is 0 Å². The van der Waals surface area contributed by atoms with E-state index in [1.807, 2.05) is 54.7 Å². The minimum atomic E-state index is -0.539. The van der Waals surface area contributed by atoms with Crippen LogP contribution in [0.5, 0.6) is 5.75 Å². The number of ether oxygens (including phenoxy) is 1. The molecule has 0 aliphatic heterocycles. The van der Waals surface area contributed by atoms with Gasteiger partial charge in [-0.05, 0) is 24.6 Å². The summed E-state index contributed by atoms with van der Waals surface area (Å²) in [5.74, 6) is 0.772. The summed E-state index contributed by atoms with van der Waals surface area (Å²) in [5, 5.41) is 12.3. The Morgan fingerprint density at radius 3 is 2.61 bits per heavy atom. The standard InChI is InChI=1S/C19H23NO3/c1-14(19(22)15-7-4-3-5-8-15)20-12-11-18(21)16-9-6-10-17(13-16)23-2/h3-10,13-14,19-20,22H,11-12H2,1-2H3/p+1/t14-,19-/m1/s1. The fraction of sp³-hybridized carbons (Fsp3) is 0.316. The van der Waals surface area contributed by atoms with Gasteiger partial charge in [0.15, 0.2) is 5.78 Å². The molecular weight excluding hydrogens is 290 g/mol. The van der Waals surface area contributed by atoms with Crippen LogP contribution >= 0.6 is 0 Å². The average molecular weight is 314 g/mol. The number of aliphatic hydroxyl groups excluding tert-OH is 1. The maximum absolute atomic E-state index is 12.2. The number of hydrogen-bond acceptors (Lipinski definition) is 3. The van der Waals surface area contributed by atoms with E-state index in [0.717, 1.165) is 5.56 Å². The van der Waals surface area contributed by atoms with E-state index >= 15 is 0 Å². The van der Waals surface area contributed by atoms with Gasteiger partial charge in [-0.3, -0.25) is 4.79 Å². The van der Waals surface area contributed by atoms with Gasteiger partial charge in [0, 0.05) is 5.56 Å². The molecule has 0 bridgehead atoms. The van der Waals surface area contributed by atoms with Gasteiger partial charge in [-0.2, -0.15) is 0 Å². The average Bonchev–Trinajstić information content (AvgIpc) is 2.61. The molecule has 0 saturated heterocycles. The Morgan fingerprint density at radius 2 is 1.91 bits per heavy atom. The molecule has 0 saturated carbocycles. The summed E-state index contributed by atoms with van der Waals surface area (Å²) in [5.41, 5.74) is 1.56. The lowest BCUT2D eigenvalue weighted by Gasteiger charge is -2.17. The number of rotatable bonds is 8. The number of benzene rings is 2. The molecule has 0 aliphatic carbocycles. The van der Waals surface area contributed by atoms with Crippen molar-refractivity contribution in [3.05, 3.63) is 65.7 Å². The molecule has 0 heterocycles. The van der Waals surface area contributed by atoms with Gasteiger partial charge in [0.2, 0.25) is 0 Å². The Balaban J connectivity index is 1.83. The first-order valence-electron chi connectivity index (χ1n) is 7.85. The second-order valence-corrected chi connectivity index (χ2v) is 5.64. The van der Waals surface area contributed by atoms with Crippen molar-refractivity contribution in [1.82, 2.24) is 0 Å². The maximum atomic E-state index is 12.2. The molecule has 4 heteroatoms. The predicted molar refractivity (Wildman–Crippen MR) is 89.6 cm³/mol. The largest absolute Gasteiger partial charge is 0.497 e. The van der Waals surface area contributed by atoms with E-state index in [9.17, 15) is 9.90 Å². The van der Waals surface area contributed by atoms with Crippen LogP contribution in [0.1, 0.15) is 35.4 Å². The van der Waals surface area contributed by atoms with Crippen molar-refractivity contribution in [1.29, 1.82) is 0 Å². The molecule has 23 heavy (non-hydrogen) atoms. The molecular formula is C19H24NO3+. The SMILES string of the molecule is COc1cccc(C(=O)CC[NH2+][C@H](C)[C@@H](O)c2ccccc2)c1. The lowest BCUT2D eigenvalue weighted by atomic mass is 10.0. The van der Waals surface area contributed by atoms with Gasteiger partial charge in [0.05, 0.1) is 20.1 Å². The third-order valence-corrected chi connectivity index (χ3v) is 3.94. The number of carbonyl (C=O) groups is 1. The topological polar surface area (TPSA) is 63.1 Å². The van der Waals surface area contributed by atoms with E-state index in [4.69, 9.17) is 4.74 Å². The number of hydrogen-bond donors (Lipinski definition) is 2. The molecule has 0 fully saturated rings. The van der Waals surface area contributed by atoms with Crippen molar-refractivity contribution < 1.29 is 20.0 Å². The zero-order valence-electron chi connectivity index (χ0n) is 13.6. The second-order valence-electron chi connectivity index (χ2n) is 5.64. The molecule has 0 spiro atoms. The molecule has 2 rings (SSSR count). The van der Waals surface area contributed by atoms with Crippen LogP contribution in [-0.2, 0) is 0 Å². The number of carbonyl (C=O) groups excluding carboxylic acids is 1. The fourth-order valence-corrected chi connectivity index (χ4v) is 2.50. The highest BCUT2D eigenvalue weighted by Gasteiger charge is 2.19. The third-order valence-electron chi connectivity index (χ3n) is 3.94. The Labute approximate surface area is 137 Å². The quantitative estimate of drug-likeness (QED) is 0.732. The number of aliphatic hydroxyl groups is 1. The van der Waals surface area contributed by atoms with Crippen molar-refractivity contribution in [2.45, 2.75) is 25.5 Å². The maximum Gasteiger partial charge on any atom is 0.168 e. The molecule has 4 nitrogen and oxygen atoms in total. The summed E-state index contributed by atoms with van der Waals surface area (Å²) in [4.78, 5) is 12.2. The summed E-state index contributed by atoms with van der Waals surface area (Å²) < 4.78 is 5.14. The monoisotopic (exact) mass is 314 g/mol. The fourth-order valence-electron chi connectivity index (χ4n) is 2.50. The summed E-state index contributed by atoms with van der Waals surface area (Å²) in [6, 6.07) is 16.8. The van der Waals surface area contributed by atoms with Gasteiger partial charge in [-0.1, -0.05) is 42.5 Å². The summed E-state index contributed by atoms with van der Waals surface area (Å²) >= 11 is 0. The van der Waals surface area contributed by atoms with Crippen LogP contribution in [0.3, 0.4) is 0 Å². The molecule has 3 N–H and O–H groups in total. The smallest absolute Gasteiger partial charge is 0.168 e. The number of methoxy groups -OCH3 is 1. The number of ketones is 1. The second kappa shape index (κ2) is 8.46. The number of nitrogens with two attached hydrogens (primary N) is 1. The summed E-state index contributed by atoms with van der Waals surface area (Å²) in [6.07, 6.45) is -0.109. The highest BCUT2D eigenvalue weighted by molar-refractivity contribution is 5.96. The van der Waals surface area contributed by atoms with E-state index in [-0.39, 0.29) is 11.8 Å². The lowest BCUT2D eigenvalue weighted by Crippen LogP contribution is -2.90. The van der Waals surface area contributed by atoms with Crippen LogP contribution in [0.4, 0.5) is 0 Å². The normalized spacial score (nSPS) is 13.3. The first kappa shape index (κ1) is 17.2. The predicted octanol–water partition coefficient (Wildman–Crippen LogP) is 1.95. The van der Waals surface area contributed by atoms with Crippen molar-refractivity contribution in [2.24, 2.45) is 0 Å². The zero-order valence-corrected chi connectivity index (χ0v) is 13.6. The third kappa shape index (κ3) is 4.91. The Hall–Kier alpha value is -2.17. The molecule has 0 amide bonds. The Morgan fingerprint density at radius 1 is 1.17 bits per heavy atom. The van der Waals surface area contributed by atoms with Crippen molar-refractivity contribution in [2.75, 3.05) is 13.7 Å². The van der Waals surface area contributed by atoms with E-state index in [1.165, 1.54) is 0 Å². The van der Waals surface area contributed by atoms with E-state index in [1.54, 1.807) is 19.2 Å². The van der Waals surface area contributed by atoms with Crippen LogP contribution in [-0.4, -0.2) is 30.6 Å². The van der Waals surface area contributed by atoms with Gasteiger partial charge in [0.1, 0.15) is 17.9 Å². The molecule has 2 aromatic rings. The number of Topliss-reactive ketones (excluding diaryl/α,β-unsaturated/α-hetero) is 1. The highest BCUT2D eigenvalue weighted by Crippen LogP contribution is 2.15. The van der Waals surface area contributed by atoms with E-state index in [2.05, 4.69) is 0 Å². The first-order chi connectivity index (χ1) is 11.1. The van der Waals surface area contributed by atoms with Gasteiger partial charge in [-0.15, -0.1) is 0 Å². The molecule has 0 aliphatic rings. The van der Waals surface area contributed by atoms with Crippen LogP contribution in [0, 0.1) is 0 Å². The van der Waals surface area contributed by atoms with Crippen LogP contribution in [0.15, 0.2) is 54.6 Å². The van der Waals surface area contributed by atoms with Crippen molar-refractivity contribution in [3.8, 4) is 5.75 Å². The van der Waals surface area contributed by atoms with Gasteiger partial charge in [-0.25, -0.2) is 0 Å². The summed E-state index contributed by atoms with van der Waals surface area (Å²) in [7, 11) is 1.59. The van der Waals surface area contributed by atoms with E-state index < -0.39 is 6.10 Å². The molecule has 2 aromatic carbocycles. The molecule has 122 valence electrons. The lowest BCUT2D eigenvalue weighted by molar-refractivity contribution is -0.693. The molecule has 0 aromatic heterocycles. The van der Waals surface area contributed by atoms with Crippen molar-refractivity contribution >= 4 is 5.78 Å². The molecule has 0 unspecified atom stereocenters. The zero-order chi connectivity index (χ0) is 16.7. The van der Waals surface area contributed by atoms with Crippen LogP contribution < -0.4 is 10.1 Å². The van der Waals surface area contributed by atoms with Gasteiger partial charge in [0.25, 0.3) is 0 Å². The molecule has 2 atom stereocenters. The van der Waals surface area contributed by atoms with Crippen LogP contribution in [0.2, 0.25) is 0 Å². The minimum Gasteiger partial charge on any atom is -0.497 e. The minimum absolute atomic E-state index is 0.00416. The first-order valence-corrected chi connectivity index (χ1v) is 7.85. The number of quaternary nitrogens is 1. The van der Waals surface area contributed by atoms with Gasteiger partial charge < -0.3 is 15.2 Å². The Bertz CT molecular complexity index is 628. The highest BCUT2D eigenvalue weighted by atomic mass is 16.5. The van der Waals surface area contributed by atoms with E-state index in [0.29, 0.717) is 24.3 Å². The molecule has 0 radical (unpaired) electrons. The summed E-state index contributed by atoms with van der Waals surface area (Å²) in [6.45, 7) is 2.61.